The Morgan fingerprint density at radius 2 is 1.96 bits per heavy atom. The van der Waals surface area contributed by atoms with E-state index in [1.807, 2.05) is 0 Å². The molecular formula is C22H28N3OS2+. The van der Waals surface area contributed by atoms with Gasteiger partial charge < -0.3 is 14.2 Å². The number of nitrogens with zero attached hydrogens (tertiary/aromatic N) is 2. The van der Waals surface area contributed by atoms with Gasteiger partial charge >= 0.3 is 0 Å². The molecule has 0 unspecified atom stereocenters. The second-order valence-corrected chi connectivity index (χ2v) is 9.11. The molecule has 0 radical (unpaired) electrons. The molecule has 0 saturated carbocycles. The molecule has 1 aromatic carbocycles. The van der Waals surface area contributed by atoms with Crippen molar-refractivity contribution < 1.29 is 9.64 Å². The lowest BCUT2D eigenvalue weighted by Crippen LogP contribution is -3.14. The van der Waals surface area contributed by atoms with E-state index in [4.69, 9.17) is 9.73 Å². The highest BCUT2D eigenvalue weighted by molar-refractivity contribution is 7.14. The first-order valence-electron chi connectivity index (χ1n) is 9.97. The van der Waals surface area contributed by atoms with Gasteiger partial charge in [-0.2, -0.15) is 0 Å². The average Bonchev–Trinajstić information content (AvgIpc) is 3.37. The van der Waals surface area contributed by atoms with Crippen molar-refractivity contribution in [1.82, 2.24) is 4.57 Å². The molecule has 28 heavy (non-hydrogen) atoms. The molecule has 0 bridgehead atoms. The lowest BCUT2D eigenvalue weighted by molar-refractivity contribution is -0.908. The highest BCUT2D eigenvalue weighted by Crippen LogP contribution is 2.26. The van der Waals surface area contributed by atoms with E-state index in [0.29, 0.717) is 0 Å². The van der Waals surface area contributed by atoms with Crippen molar-refractivity contribution in [2.24, 2.45) is 4.99 Å². The van der Waals surface area contributed by atoms with Crippen LogP contribution in [0.5, 0.6) is 0 Å². The molecule has 3 aromatic rings. The number of nitrogens with one attached hydrogen (secondary N) is 1. The van der Waals surface area contributed by atoms with Gasteiger partial charge in [0.25, 0.3) is 0 Å². The fraction of sp³-hybridized carbons (Fsp3) is 0.409. The highest BCUT2D eigenvalue weighted by atomic mass is 32.1. The minimum atomic E-state index is 0.897. The molecule has 0 atom stereocenters. The molecule has 0 spiro atoms. The number of aryl methyl sites for hydroxylation is 1. The molecular weight excluding hydrogens is 386 g/mol. The van der Waals surface area contributed by atoms with Gasteiger partial charge in [0.1, 0.15) is 13.1 Å². The van der Waals surface area contributed by atoms with Crippen LogP contribution in [0.15, 0.2) is 46.1 Å². The van der Waals surface area contributed by atoms with E-state index in [2.05, 4.69) is 59.5 Å². The number of aromatic nitrogens is 1. The fourth-order valence-electron chi connectivity index (χ4n) is 3.61. The summed E-state index contributed by atoms with van der Waals surface area (Å²) in [6.45, 7) is 10.6. The Balaban J connectivity index is 1.62. The van der Waals surface area contributed by atoms with Crippen LogP contribution in [-0.2, 0) is 11.3 Å². The first kappa shape index (κ1) is 19.6. The standard InChI is InChI=1S/C22H27N3OS2/c1-17-6-3-7-19(18(17)2)23-22-25(10-5-9-24-11-13-26-14-12-24)20(16-28-22)21-8-4-15-27-21/h3-4,6-8,15-16H,5,9-14H2,1-2H3/p+1. The van der Waals surface area contributed by atoms with Crippen LogP contribution in [0.2, 0.25) is 0 Å². The van der Waals surface area contributed by atoms with Crippen molar-refractivity contribution in [3.05, 3.63) is 57.0 Å². The van der Waals surface area contributed by atoms with Crippen molar-refractivity contribution in [2.45, 2.75) is 26.8 Å². The Kier molecular flexibility index (Phi) is 6.42. The molecule has 148 valence electrons. The van der Waals surface area contributed by atoms with Gasteiger partial charge in [-0.15, -0.1) is 22.7 Å². The third-order valence-electron chi connectivity index (χ3n) is 5.48. The van der Waals surface area contributed by atoms with E-state index >= 15 is 0 Å². The second kappa shape index (κ2) is 9.18. The summed E-state index contributed by atoms with van der Waals surface area (Å²) in [6, 6.07) is 10.7. The molecule has 0 amide bonds. The number of morpholine rings is 1. The number of rotatable bonds is 6. The Hall–Kier alpha value is -1.73. The maximum atomic E-state index is 5.49. The number of thiazole rings is 1. The van der Waals surface area contributed by atoms with Crippen molar-refractivity contribution >= 4 is 28.4 Å². The Bertz CT molecular complexity index is 966. The normalized spacial score (nSPS) is 16.0. The molecule has 6 heteroatoms. The van der Waals surface area contributed by atoms with Crippen molar-refractivity contribution in [1.29, 1.82) is 0 Å². The van der Waals surface area contributed by atoms with Crippen LogP contribution in [0.3, 0.4) is 0 Å². The smallest absolute Gasteiger partial charge is 0.190 e. The van der Waals surface area contributed by atoms with Gasteiger partial charge in [-0.1, -0.05) is 18.2 Å². The zero-order valence-corrected chi connectivity index (χ0v) is 18.2. The molecule has 2 aromatic heterocycles. The van der Waals surface area contributed by atoms with Gasteiger partial charge in [-0.25, -0.2) is 4.99 Å². The second-order valence-electron chi connectivity index (χ2n) is 7.33. The Morgan fingerprint density at radius 3 is 2.75 bits per heavy atom. The number of benzene rings is 1. The van der Waals surface area contributed by atoms with Crippen LogP contribution in [0.4, 0.5) is 5.69 Å². The summed E-state index contributed by atoms with van der Waals surface area (Å²) in [5.74, 6) is 0. The lowest BCUT2D eigenvalue weighted by Gasteiger charge is -2.23. The highest BCUT2D eigenvalue weighted by Gasteiger charge is 2.15. The van der Waals surface area contributed by atoms with Crippen LogP contribution in [0, 0.1) is 13.8 Å². The monoisotopic (exact) mass is 414 g/mol. The predicted molar refractivity (Wildman–Crippen MR) is 118 cm³/mol. The molecule has 4 nitrogen and oxygen atoms in total. The number of thiophene rings is 1. The van der Waals surface area contributed by atoms with Gasteiger partial charge in [-0.3, -0.25) is 0 Å². The number of ether oxygens (including phenoxy) is 1. The SMILES string of the molecule is Cc1cccc(N=c2scc(-c3cccs3)n2CCC[NH+]2CCOCC2)c1C. The minimum absolute atomic E-state index is 0.897. The summed E-state index contributed by atoms with van der Waals surface area (Å²) in [5.41, 5.74) is 4.92. The topological polar surface area (TPSA) is 31.0 Å². The zero-order valence-electron chi connectivity index (χ0n) is 16.6. The summed E-state index contributed by atoms with van der Waals surface area (Å²) < 4.78 is 7.90. The van der Waals surface area contributed by atoms with Gasteiger partial charge in [0.2, 0.25) is 0 Å². The van der Waals surface area contributed by atoms with E-state index in [1.54, 1.807) is 27.6 Å². The fourth-order valence-corrected chi connectivity index (χ4v) is 5.38. The first-order chi connectivity index (χ1) is 13.7. The molecule has 1 aliphatic rings. The summed E-state index contributed by atoms with van der Waals surface area (Å²) >= 11 is 3.55. The quantitative estimate of drug-likeness (QED) is 0.658. The largest absolute Gasteiger partial charge is 0.370 e. The number of quaternary nitrogens is 1. The molecule has 1 N–H and O–H groups in total. The van der Waals surface area contributed by atoms with E-state index in [0.717, 1.165) is 49.8 Å². The summed E-state index contributed by atoms with van der Waals surface area (Å²) in [6.07, 6.45) is 1.16. The zero-order chi connectivity index (χ0) is 19.3. The van der Waals surface area contributed by atoms with E-state index in [-0.39, 0.29) is 0 Å². The Morgan fingerprint density at radius 1 is 1.11 bits per heavy atom. The van der Waals surface area contributed by atoms with Crippen LogP contribution in [-0.4, -0.2) is 37.4 Å². The van der Waals surface area contributed by atoms with Crippen LogP contribution in [0.25, 0.3) is 10.6 Å². The van der Waals surface area contributed by atoms with Crippen LogP contribution in [0.1, 0.15) is 17.5 Å². The molecule has 1 aliphatic heterocycles. The minimum Gasteiger partial charge on any atom is -0.370 e. The molecule has 4 rings (SSSR count). The maximum absolute atomic E-state index is 5.49. The summed E-state index contributed by atoms with van der Waals surface area (Å²) in [4.78, 5) is 9.13. The lowest BCUT2D eigenvalue weighted by atomic mass is 10.1. The molecule has 1 saturated heterocycles. The predicted octanol–water partition coefficient (Wildman–Crippen LogP) is 3.43. The third-order valence-corrected chi connectivity index (χ3v) is 7.23. The number of hydrogen-bond donors (Lipinski definition) is 1. The molecule has 1 fully saturated rings. The van der Waals surface area contributed by atoms with Gasteiger partial charge in [0, 0.05) is 18.3 Å². The maximum Gasteiger partial charge on any atom is 0.190 e. The average molecular weight is 415 g/mol. The summed E-state index contributed by atoms with van der Waals surface area (Å²) in [7, 11) is 0. The Labute approximate surface area is 174 Å². The van der Waals surface area contributed by atoms with Crippen molar-refractivity contribution in [3.63, 3.8) is 0 Å². The molecule has 3 heterocycles. The van der Waals surface area contributed by atoms with Crippen LogP contribution < -0.4 is 9.70 Å². The van der Waals surface area contributed by atoms with Gasteiger partial charge in [-0.05, 0) is 42.5 Å². The first-order valence-corrected chi connectivity index (χ1v) is 11.7. The van der Waals surface area contributed by atoms with Crippen molar-refractivity contribution in [3.8, 4) is 10.6 Å². The van der Waals surface area contributed by atoms with Gasteiger partial charge in [0.05, 0.1) is 36.0 Å². The van der Waals surface area contributed by atoms with Gasteiger partial charge in [0.15, 0.2) is 4.80 Å². The summed E-state index contributed by atoms with van der Waals surface area (Å²) in [5, 5.41) is 4.41. The van der Waals surface area contributed by atoms with E-state index in [1.165, 1.54) is 28.2 Å². The molecule has 0 aliphatic carbocycles. The number of hydrogen-bond acceptors (Lipinski definition) is 4. The van der Waals surface area contributed by atoms with Crippen LogP contribution >= 0.6 is 22.7 Å². The van der Waals surface area contributed by atoms with E-state index in [9.17, 15) is 0 Å². The third kappa shape index (κ3) is 4.46. The van der Waals surface area contributed by atoms with Crippen molar-refractivity contribution in [2.75, 3.05) is 32.8 Å². The van der Waals surface area contributed by atoms with E-state index < -0.39 is 0 Å².